The summed E-state index contributed by atoms with van der Waals surface area (Å²) in [5.74, 6) is 0.548. The minimum absolute atomic E-state index is 0.0463. The lowest BCUT2D eigenvalue weighted by Gasteiger charge is -2.24. The molecule has 0 saturated heterocycles. The number of fused-ring (bicyclic) bond motifs is 1. The Kier molecular flexibility index (Phi) is 3.72. The van der Waals surface area contributed by atoms with E-state index in [2.05, 4.69) is 0 Å². The minimum Gasteiger partial charge on any atom is -0.486 e. The molecule has 1 aromatic rings. The Morgan fingerprint density at radius 1 is 1.39 bits per heavy atom. The quantitative estimate of drug-likeness (QED) is 0.850. The van der Waals surface area contributed by atoms with Gasteiger partial charge in [-0.15, -0.1) is 0 Å². The van der Waals surface area contributed by atoms with Crippen LogP contribution in [0.5, 0.6) is 11.5 Å². The largest absolute Gasteiger partial charge is 0.486 e. The molecule has 0 radical (unpaired) electrons. The highest BCUT2D eigenvalue weighted by Crippen LogP contribution is 2.39. The van der Waals surface area contributed by atoms with Crippen LogP contribution in [0.25, 0.3) is 0 Å². The first kappa shape index (κ1) is 12.7. The Morgan fingerprint density at radius 3 is 2.72 bits per heavy atom. The standard InChI is InChI=1S/C13H17NO4/c1-8-2-3-9(10(14)4-5-11(15)16)13-12(8)17-6-7-18-13/h2-3,10H,4-7,14H2,1H3,(H,15,16). The first-order valence-electron chi connectivity index (χ1n) is 5.96. The van der Waals surface area contributed by atoms with Gasteiger partial charge in [-0.2, -0.15) is 0 Å². The van der Waals surface area contributed by atoms with Crippen LogP contribution in [0.15, 0.2) is 12.1 Å². The van der Waals surface area contributed by atoms with E-state index in [1.54, 1.807) is 0 Å². The summed E-state index contributed by atoms with van der Waals surface area (Å²) < 4.78 is 11.2. The second kappa shape index (κ2) is 5.27. The molecule has 1 aromatic carbocycles. The van der Waals surface area contributed by atoms with Crippen molar-refractivity contribution in [2.45, 2.75) is 25.8 Å². The number of aliphatic carboxylic acids is 1. The Labute approximate surface area is 106 Å². The third kappa shape index (κ3) is 2.56. The molecule has 1 aliphatic rings. The van der Waals surface area contributed by atoms with Crippen LogP contribution in [0.2, 0.25) is 0 Å². The number of carboxylic acid groups (broad SMARTS) is 1. The van der Waals surface area contributed by atoms with Gasteiger partial charge < -0.3 is 20.3 Å². The molecule has 0 aromatic heterocycles. The molecule has 1 atom stereocenters. The molecule has 0 amide bonds. The summed E-state index contributed by atoms with van der Waals surface area (Å²) in [4.78, 5) is 10.6. The van der Waals surface area contributed by atoms with Crippen molar-refractivity contribution in [2.75, 3.05) is 13.2 Å². The molecule has 3 N–H and O–H groups in total. The molecular formula is C13H17NO4. The summed E-state index contributed by atoms with van der Waals surface area (Å²) >= 11 is 0. The Balaban J connectivity index is 2.25. The number of hydrogen-bond acceptors (Lipinski definition) is 4. The van der Waals surface area contributed by atoms with Gasteiger partial charge >= 0.3 is 5.97 Å². The zero-order valence-corrected chi connectivity index (χ0v) is 10.3. The number of nitrogens with two attached hydrogens (primary N) is 1. The molecule has 0 aliphatic carbocycles. The van der Waals surface area contributed by atoms with E-state index in [1.165, 1.54) is 0 Å². The Morgan fingerprint density at radius 2 is 2.06 bits per heavy atom. The van der Waals surface area contributed by atoms with E-state index in [0.29, 0.717) is 25.4 Å². The highest BCUT2D eigenvalue weighted by molar-refractivity contribution is 5.66. The van der Waals surface area contributed by atoms with Crippen LogP contribution in [0.3, 0.4) is 0 Å². The van der Waals surface area contributed by atoms with Crippen LogP contribution in [0, 0.1) is 6.92 Å². The minimum atomic E-state index is -0.844. The lowest BCUT2D eigenvalue weighted by Crippen LogP contribution is -2.20. The number of aryl methyl sites for hydroxylation is 1. The molecular weight excluding hydrogens is 234 g/mol. The second-order valence-corrected chi connectivity index (χ2v) is 4.37. The predicted molar refractivity (Wildman–Crippen MR) is 66.0 cm³/mol. The van der Waals surface area contributed by atoms with Crippen LogP contribution in [-0.2, 0) is 4.79 Å². The van der Waals surface area contributed by atoms with Crippen LogP contribution >= 0.6 is 0 Å². The van der Waals surface area contributed by atoms with E-state index >= 15 is 0 Å². The maximum Gasteiger partial charge on any atom is 0.303 e. The van der Waals surface area contributed by atoms with Crippen molar-refractivity contribution in [3.63, 3.8) is 0 Å². The molecule has 5 heteroatoms. The molecule has 98 valence electrons. The summed E-state index contributed by atoms with van der Waals surface area (Å²) in [5.41, 5.74) is 7.83. The van der Waals surface area contributed by atoms with Gasteiger partial charge in [-0.1, -0.05) is 12.1 Å². The van der Waals surface area contributed by atoms with Crippen LogP contribution in [-0.4, -0.2) is 24.3 Å². The number of carboxylic acids is 1. The number of ether oxygens (including phenoxy) is 2. The van der Waals surface area contributed by atoms with Gasteiger partial charge in [0, 0.05) is 18.0 Å². The first-order chi connectivity index (χ1) is 8.59. The molecule has 0 fully saturated rings. The normalized spacial score (nSPS) is 15.2. The summed E-state index contributed by atoms with van der Waals surface area (Å²) in [6.45, 7) is 2.97. The van der Waals surface area contributed by atoms with E-state index in [0.717, 1.165) is 16.9 Å². The first-order valence-corrected chi connectivity index (χ1v) is 5.96. The maximum absolute atomic E-state index is 10.6. The maximum atomic E-state index is 10.6. The average molecular weight is 251 g/mol. The van der Waals surface area contributed by atoms with Crippen molar-refractivity contribution < 1.29 is 19.4 Å². The lowest BCUT2D eigenvalue weighted by atomic mass is 9.99. The van der Waals surface area contributed by atoms with Crippen LogP contribution in [0.4, 0.5) is 0 Å². The van der Waals surface area contributed by atoms with Gasteiger partial charge in [-0.05, 0) is 18.9 Å². The van der Waals surface area contributed by atoms with Crippen molar-refractivity contribution in [2.24, 2.45) is 5.73 Å². The lowest BCUT2D eigenvalue weighted by molar-refractivity contribution is -0.137. The van der Waals surface area contributed by atoms with E-state index < -0.39 is 5.97 Å². The van der Waals surface area contributed by atoms with Gasteiger partial charge in [-0.25, -0.2) is 0 Å². The topological polar surface area (TPSA) is 81.8 Å². The zero-order valence-electron chi connectivity index (χ0n) is 10.3. The van der Waals surface area contributed by atoms with E-state index in [-0.39, 0.29) is 12.5 Å². The second-order valence-electron chi connectivity index (χ2n) is 4.37. The Hall–Kier alpha value is -1.75. The molecule has 5 nitrogen and oxygen atoms in total. The summed E-state index contributed by atoms with van der Waals surface area (Å²) in [7, 11) is 0. The molecule has 18 heavy (non-hydrogen) atoms. The monoisotopic (exact) mass is 251 g/mol. The molecule has 0 spiro atoms. The van der Waals surface area contributed by atoms with Gasteiger partial charge in [-0.3, -0.25) is 4.79 Å². The molecule has 0 saturated carbocycles. The third-order valence-electron chi connectivity index (χ3n) is 2.98. The summed E-state index contributed by atoms with van der Waals surface area (Å²) in [6.07, 6.45) is 0.429. The molecule has 1 aliphatic heterocycles. The van der Waals surface area contributed by atoms with Gasteiger partial charge in [0.2, 0.25) is 0 Å². The van der Waals surface area contributed by atoms with E-state index in [1.807, 2.05) is 19.1 Å². The predicted octanol–water partition coefficient (Wildman–Crippen LogP) is 1.63. The van der Waals surface area contributed by atoms with Gasteiger partial charge in [0.25, 0.3) is 0 Å². The number of hydrogen-bond donors (Lipinski definition) is 2. The highest BCUT2D eigenvalue weighted by Gasteiger charge is 2.22. The van der Waals surface area contributed by atoms with Gasteiger partial charge in [0.15, 0.2) is 11.5 Å². The van der Waals surface area contributed by atoms with Crippen LogP contribution in [0.1, 0.15) is 30.0 Å². The number of rotatable bonds is 4. The van der Waals surface area contributed by atoms with E-state index in [9.17, 15) is 4.79 Å². The third-order valence-corrected chi connectivity index (χ3v) is 2.98. The van der Waals surface area contributed by atoms with Crippen molar-refractivity contribution in [3.05, 3.63) is 23.3 Å². The molecule has 0 bridgehead atoms. The number of carbonyl (C=O) groups is 1. The van der Waals surface area contributed by atoms with Crippen molar-refractivity contribution in [3.8, 4) is 11.5 Å². The molecule has 1 heterocycles. The fourth-order valence-corrected chi connectivity index (χ4v) is 2.02. The van der Waals surface area contributed by atoms with E-state index in [4.69, 9.17) is 20.3 Å². The van der Waals surface area contributed by atoms with Gasteiger partial charge in [0.1, 0.15) is 13.2 Å². The number of benzene rings is 1. The van der Waals surface area contributed by atoms with Crippen molar-refractivity contribution in [1.82, 2.24) is 0 Å². The van der Waals surface area contributed by atoms with Crippen molar-refractivity contribution >= 4 is 5.97 Å². The summed E-state index contributed by atoms with van der Waals surface area (Å²) in [5, 5.41) is 8.68. The summed E-state index contributed by atoms with van der Waals surface area (Å²) in [6, 6.07) is 3.45. The fourth-order valence-electron chi connectivity index (χ4n) is 2.02. The smallest absolute Gasteiger partial charge is 0.303 e. The molecule has 2 rings (SSSR count). The van der Waals surface area contributed by atoms with Crippen LogP contribution < -0.4 is 15.2 Å². The SMILES string of the molecule is Cc1ccc(C(N)CCC(=O)O)c2c1OCCO2. The highest BCUT2D eigenvalue weighted by atomic mass is 16.6. The zero-order chi connectivity index (χ0) is 13.1. The average Bonchev–Trinajstić information content (AvgIpc) is 2.37. The molecule has 1 unspecified atom stereocenters. The van der Waals surface area contributed by atoms with Crippen molar-refractivity contribution in [1.29, 1.82) is 0 Å². The van der Waals surface area contributed by atoms with Gasteiger partial charge in [0.05, 0.1) is 0 Å². The Bertz CT molecular complexity index is 459. The fraction of sp³-hybridized carbons (Fsp3) is 0.462.